The van der Waals surface area contributed by atoms with E-state index in [1.165, 1.54) is 0 Å². The fourth-order valence-corrected chi connectivity index (χ4v) is 2.23. The number of nitrogens with one attached hydrogen (secondary N) is 3. The Hall–Kier alpha value is -2.57. The summed E-state index contributed by atoms with van der Waals surface area (Å²) in [5.41, 5.74) is -0.286. The van der Waals surface area contributed by atoms with E-state index in [4.69, 9.17) is 4.74 Å². The molecule has 0 aromatic heterocycles. The van der Waals surface area contributed by atoms with Gasteiger partial charge in [-0.05, 0) is 11.5 Å². The zero-order valence-corrected chi connectivity index (χ0v) is 12.5. The van der Waals surface area contributed by atoms with E-state index in [1.54, 1.807) is 13.8 Å². The Bertz CT molecular complexity index is 573. The van der Waals surface area contributed by atoms with E-state index in [9.17, 15) is 14.4 Å². The second-order valence-electron chi connectivity index (χ2n) is 5.45. The summed E-state index contributed by atoms with van der Waals surface area (Å²) in [5.74, 6) is -0.635. The number of hydrogen-bond donors (Lipinski definition) is 3. The van der Waals surface area contributed by atoms with Crippen LogP contribution in [0.25, 0.3) is 0 Å². The van der Waals surface area contributed by atoms with Crippen LogP contribution in [0.2, 0.25) is 0 Å². The van der Waals surface area contributed by atoms with Gasteiger partial charge in [-0.15, -0.1) is 0 Å². The molecule has 1 saturated heterocycles. The number of imide groups is 1. The maximum absolute atomic E-state index is 12.0. The van der Waals surface area contributed by atoms with Crippen LogP contribution in [-0.4, -0.2) is 30.1 Å². The molecule has 0 unspecified atom stereocenters. The number of carbonyl (C=O) groups excluding carboxylic acids is 3. The third-order valence-corrected chi connectivity index (χ3v) is 3.68. The Morgan fingerprint density at radius 1 is 1.27 bits per heavy atom. The smallest absolute Gasteiger partial charge is 0.407 e. The van der Waals surface area contributed by atoms with Crippen molar-refractivity contribution in [1.29, 1.82) is 0 Å². The van der Waals surface area contributed by atoms with Gasteiger partial charge in [0.1, 0.15) is 12.1 Å². The van der Waals surface area contributed by atoms with Gasteiger partial charge in [-0.1, -0.05) is 44.2 Å². The summed E-state index contributed by atoms with van der Waals surface area (Å²) in [6.07, 6.45) is -0.641. The van der Waals surface area contributed by atoms with Gasteiger partial charge in [0.2, 0.25) is 0 Å². The molecule has 1 atom stereocenters. The van der Waals surface area contributed by atoms with E-state index in [-0.39, 0.29) is 19.1 Å². The van der Waals surface area contributed by atoms with Crippen LogP contribution in [0.5, 0.6) is 0 Å². The standard InChI is InChI=1S/C15H19N3O4/c1-10(2)15(12(19)17-13(20)18-15)9-16-14(21)22-8-11-6-4-3-5-7-11/h3-7,10H,8-9H2,1-2H3,(H,16,21)(H2,17,18,19,20)/t15-/m0/s1. The molecule has 3 N–H and O–H groups in total. The highest BCUT2D eigenvalue weighted by atomic mass is 16.5. The Morgan fingerprint density at radius 2 is 1.95 bits per heavy atom. The van der Waals surface area contributed by atoms with Gasteiger partial charge in [0.05, 0.1) is 6.54 Å². The molecule has 1 aromatic rings. The molecule has 0 saturated carbocycles. The number of hydrogen-bond acceptors (Lipinski definition) is 4. The van der Waals surface area contributed by atoms with Gasteiger partial charge in [0, 0.05) is 0 Å². The van der Waals surface area contributed by atoms with Crippen LogP contribution in [0.4, 0.5) is 9.59 Å². The Kier molecular flexibility index (Phi) is 4.65. The third-order valence-electron chi connectivity index (χ3n) is 3.68. The molecular formula is C15H19N3O4. The lowest BCUT2D eigenvalue weighted by molar-refractivity contribution is -0.125. The van der Waals surface area contributed by atoms with Crippen molar-refractivity contribution < 1.29 is 19.1 Å². The van der Waals surface area contributed by atoms with Crippen LogP contribution in [0.1, 0.15) is 19.4 Å². The summed E-state index contributed by atoms with van der Waals surface area (Å²) in [4.78, 5) is 35.0. The molecule has 7 nitrogen and oxygen atoms in total. The molecule has 7 heteroatoms. The molecule has 0 aliphatic carbocycles. The predicted octanol–water partition coefficient (Wildman–Crippen LogP) is 1.15. The molecule has 22 heavy (non-hydrogen) atoms. The lowest BCUT2D eigenvalue weighted by Crippen LogP contribution is -2.58. The normalized spacial score (nSPS) is 20.5. The predicted molar refractivity (Wildman–Crippen MR) is 78.9 cm³/mol. The van der Waals surface area contributed by atoms with Gasteiger partial charge in [-0.3, -0.25) is 10.1 Å². The lowest BCUT2D eigenvalue weighted by atomic mass is 9.86. The second kappa shape index (κ2) is 6.46. The van der Waals surface area contributed by atoms with Crippen LogP contribution in [0.3, 0.4) is 0 Å². The molecule has 1 aliphatic heterocycles. The van der Waals surface area contributed by atoms with Gasteiger partial charge in [-0.25, -0.2) is 9.59 Å². The number of benzene rings is 1. The summed E-state index contributed by atoms with van der Waals surface area (Å²) >= 11 is 0. The Labute approximate surface area is 128 Å². The number of amides is 4. The van der Waals surface area contributed by atoms with Crippen molar-refractivity contribution in [2.45, 2.75) is 26.0 Å². The van der Waals surface area contributed by atoms with Crippen LogP contribution in [0.15, 0.2) is 30.3 Å². The van der Waals surface area contributed by atoms with Gasteiger partial charge in [-0.2, -0.15) is 0 Å². The first-order chi connectivity index (χ1) is 10.4. The monoisotopic (exact) mass is 305 g/mol. The van der Waals surface area contributed by atoms with Gasteiger partial charge < -0.3 is 15.4 Å². The number of rotatable bonds is 5. The Morgan fingerprint density at radius 3 is 2.50 bits per heavy atom. The van der Waals surface area contributed by atoms with Gasteiger partial charge >= 0.3 is 12.1 Å². The van der Waals surface area contributed by atoms with Crippen molar-refractivity contribution in [3.8, 4) is 0 Å². The molecule has 118 valence electrons. The van der Waals surface area contributed by atoms with Crippen molar-refractivity contribution in [3.63, 3.8) is 0 Å². The summed E-state index contributed by atoms with van der Waals surface area (Å²) in [7, 11) is 0. The maximum Gasteiger partial charge on any atom is 0.407 e. The SMILES string of the molecule is CC(C)[C@]1(CNC(=O)OCc2ccccc2)NC(=O)NC1=O. The van der Waals surface area contributed by atoms with Crippen LogP contribution in [0, 0.1) is 5.92 Å². The van der Waals surface area contributed by atoms with E-state index >= 15 is 0 Å². The van der Waals surface area contributed by atoms with Crippen LogP contribution in [-0.2, 0) is 16.1 Å². The lowest BCUT2D eigenvalue weighted by Gasteiger charge is -2.30. The minimum Gasteiger partial charge on any atom is -0.445 e. The summed E-state index contributed by atoms with van der Waals surface area (Å²) in [6, 6.07) is 8.70. The number of carbonyl (C=O) groups is 3. The first-order valence-electron chi connectivity index (χ1n) is 7.02. The average Bonchev–Trinajstić information content (AvgIpc) is 2.79. The molecule has 0 bridgehead atoms. The van der Waals surface area contributed by atoms with E-state index in [2.05, 4.69) is 16.0 Å². The molecule has 2 rings (SSSR count). The third kappa shape index (κ3) is 3.36. The molecule has 1 heterocycles. The van der Waals surface area contributed by atoms with Crippen molar-refractivity contribution in [2.75, 3.05) is 6.54 Å². The fraction of sp³-hybridized carbons (Fsp3) is 0.400. The van der Waals surface area contributed by atoms with Gasteiger partial charge in [0.15, 0.2) is 0 Å². The number of urea groups is 1. The van der Waals surface area contributed by atoms with E-state index in [0.717, 1.165) is 5.56 Å². The molecule has 1 aromatic carbocycles. The highest BCUT2D eigenvalue weighted by molar-refractivity contribution is 6.07. The van der Waals surface area contributed by atoms with Crippen LogP contribution >= 0.6 is 0 Å². The van der Waals surface area contributed by atoms with Gasteiger partial charge in [0.25, 0.3) is 5.91 Å². The molecular weight excluding hydrogens is 286 g/mol. The summed E-state index contributed by atoms with van der Waals surface area (Å²) in [5, 5.41) is 7.30. The highest BCUT2D eigenvalue weighted by Crippen LogP contribution is 2.20. The van der Waals surface area contributed by atoms with Crippen LogP contribution < -0.4 is 16.0 Å². The minimum absolute atomic E-state index is 0.0319. The molecule has 0 radical (unpaired) electrons. The quantitative estimate of drug-likeness (QED) is 0.711. The van der Waals surface area contributed by atoms with Crippen molar-refractivity contribution in [1.82, 2.24) is 16.0 Å². The zero-order valence-electron chi connectivity index (χ0n) is 12.5. The van der Waals surface area contributed by atoms with Crippen molar-refractivity contribution in [3.05, 3.63) is 35.9 Å². The second-order valence-corrected chi connectivity index (χ2v) is 5.45. The maximum atomic E-state index is 12.0. The van der Waals surface area contributed by atoms with Crippen molar-refractivity contribution in [2.24, 2.45) is 5.92 Å². The molecule has 1 fully saturated rings. The molecule has 1 aliphatic rings. The minimum atomic E-state index is -1.15. The number of ether oxygens (including phenoxy) is 1. The number of alkyl carbamates (subject to hydrolysis) is 1. The van der Waals surface area contributed by atoms with E-state index in [0.29, 0.717) is 0 Å². The van der Waals surface area contributed by atoms with E-state index in [1.807, 2.05) is 30.3 Å². The Balaban J connectivity index is 1.89. The first kappa shape index (κ1) is 15.8. The highest BCUT2D eigenvalue weighted by Gasteiger charge is 2.48. The summed E-state index contributed by atoms with van der Waals surface area (Å²) < 4.78 is 5.08. The topological polar surface area (TPSA) is 96.5 Å². The van der Waals surface area contributed by atoms with E-state index < -0.39 is 23.6 Å². The largest absolute Gasteiger partial charge is 0.445 e. The first-order valence-corrected chi connectivity index (χ1v) is 7.02. The zero-order chi connectivity index (χ0) is 16.2. The van der Waals surface area contributed by atoms with Crippen molar-refractivity contribution >= 4 is 18.0 Å². The molecule has 0 spiro atoms. The fourth-order valence-electron chi connectivity index (χ4n) is 2.23. The average molecular weight is 305 g/mol. The summed E-state index contributed by atoms with van der Waals surface area (Å²) in [6.45, 7) is 3.69. The molecule has 4 amide bonds.